The van der Waals surface area contributed by atoms with Gasteiger partial charge in [-0.25, -0.2) is 9.59 Å². The number of benzene rings is 1. The predicted octanol–water partition coefficient (Wildman–Crippen LogP) is 1.43. The standard InChI is InChI=1S/C14H20N2O5/c1-3-9(2)21-11-6-4-5-10(7-11)16-14(20)15-8-12(17)13(18)19/h4-7,9,12,17H,3,8H2,1-2H3,(H,18,19)(H2,15,16,20). The molecule has 0 radical (unpaired) electrons. The average molecular weight is 296 g/mol. The maximum absolute atomic E-state index is 11.6. The number of carboxylic acids is 1. The van der Waals surface area contributed by atoms with E-state index in [1.807, 2.05) is 13.8 Å². The van der Waals surface area contributed by atoms with Gasteiger partial charge in [-0.2, -0.15) is 0 Å². The maximum Gasteiger partial charge on any atom is 0.334 e. The highest BCUT2D eigenvalue weighted by Crippen LogP contribution is 2.19. The molecule has 0 aromatic heterocycles. The fourth-order valence-corrected chi connectivity index (χ4v) is 1.41. The molecule has 116 valence electrons. The third-order valence-corrected chi connectivity index (χ3v) is 2.75. The molecular formula is C14H20N2O5. The second kappa shape index (κ2) is 8.11. The van der Waals surface area contributed by atoms with Gasteiger partial charge < -0.3 is 25.6 Å². The lowest BCUT2D eigenvalue weighted by Gasteiger charge is -2.14. The van der Waals surface area contributed by atoms with Crippen LogP contribution in [0.1, 0.15) is 20.3 Å². The molecule has 0 saturated heterocycles. The van der Waals surface area contributed by atoms with Gasteiger partial charge in [-0.15, -0.1) is 0 Å². The van der Waals surface area contributed by atoms with Crippen LogP contribution in [0.2, 0.25) is 0 Å². The minimum absolute atomic E-state index is 0.0693. The summed E-state index contributed by atoms with van der Waals surface area (Å²) in [6.45, 7) is 3.58. The van der Waals surface area contributed by atoms with E-state index >= 15 is 0 Å². The Hall–Kier alpha value is -2.28. The van der Waals surface area contributed by atoms with Crippen LogP contribution >= 0.6 is 0 Å². The zero-order chi connectivity index (χ0) is 15.8. The van der Waals surface area contributed by atoms with Crippen LogP contribution in [0.5, 0.6) is 5.75 Å². The summed E-state index contributed by atoms with van der Waals surface area (Å²) in [5, 5.41) is 22.3. The predicted molar refractivity (Wildman–Crippen MR) is 77.5 cm³/mol. The first-order chi connectivity index (χ1) is 9.92. The molecule has 0 bridgehead atoms. The van der Waals surface area contributed by atoms with Gasteiger partial charge in [0.1, 0.15) is 5.75 Å². The number of rotatable bonds is 7. The van der Waals surface area contributed by atoms with Crippen LogP contribution in [0.15, 0.2) is 24.3 Å². The highest BCUT2D eigenvalue weighted by Gasteiger charge is 2.14. The smallest absolute Gasteiger partial charge is 0.334 e. The Kier molecular flexibility index (Phi) is 6.48. The van der Waals surface area contributed by atoms with E-state index in [2.05, 4.69) is 10.6 Å². The number of nitrogens with one attached hydrogen (secondary N) is 2. The van der Waals surface area contributed by atoms with E-state index in [1.165, 1.54) is 0 Å². The molecular weight excluding hydrogens is 276 g/mol. The van der Waals surface area contributed by atoms with Crippen molar-refractivity contribution in [2.45, 2.75) is 32.5 Å². The van der Waals surface area contributed by atoms with E-state index in [4.69, 9.17) is 14.9 Å². The highest BCUT2D eigenvalue weighted by molar-refractivity contribution is 5.89. The summed E-state index contributed by atoms with van der Waals surface area (Å²) < 4.78 is 5.63. The number of anilines is 1. The van der Waals surface area contributed by atoms with E-state index < -0.39 is 18.1 Å². The largest absolute Gasteiger partial charge is 0.491 e. The normalized spacial score (nSPS) is 13.1. The Morgan fingerprint density at radius 1 is 1.38 bits per heavy atom. The third kappa shape index (κ3) is 6.13. The third-order valence-electron chi connectivity index (χ3n) is 2.75. The van der Waals surface area contributed by atoms with Crippen molar-refractivity contribution in [3.8, 4) is 5.75 Å². The molecule has 0 saturated carbocycles. The number of urea groups is 1. The number of carboxylic acid groups (broad SMARTS) is 1. The fourth-order valence-electron chi connectivity index (χ4n) is 1.41. The Morgan fingerprint density at radius 3 is 2.71 bits per heavy atom. The molecule has 0 aliphatic carbocycles. The fraction of sp³-hybridized carbons (Fsp3) is 0.429. The zero-order valence-electron chi connectivity index (χ0n) is 12.0. The van der Waals surface area contributed by atoms with Crippen molar-refractivity contribution in [2.75, 3.05) is 11.9 Å². The minimum atomic E-state index is -1.63. The molecule has 21 heavy (non-hydrogen) atoms. The molecule has 2 amide bonds. The maximum atomic E-state index is 11.6. The van der Waals surface area contributed by atoms with Gasteiger partial charge in [-0.05, 0) is 25.5 Å². The lowest BCUT2D eigenvalue weighted by Crippen LogP contribution is -2.38. The van der Waals surface area contributed by atoms with Gasteiger partial charge in [0.05, 0.1) is 12.6 Å². The number of hydrogen-bond donors (Lipinski definition) is 4. The summed E-state index contributed by atoms with van der Waals surface area (Å²) in [6, 6.07) is 6.26. The highest BCUT2D eigenvalue weighted by atomic mass is 16.5. The first kappa shape index (κ1) is 16.8. The van der Waals surface area contributed by atoms with Crippen molar-refractivity contribution in [1.29, 1.82) is 0 Å². The molecule has 0 heterocycles. The molecule has 7 nitrogen and oxygen atoms in total. The molecule has 7 heteroatoms. The van der Waals surface area contributed by atoms with Crippen molar-refractivity contribution in [1.82, 2.24) is 5.32 Å². The number of hydrogen-bond acceptors (Lipinski definition) is 4. The summed E-state index contributed by atoms with van der Waals surface area (Å²) in [5.41, 5.74) is 0.512. The van der Waals surface area contributed by atoms with Gasteiger partial charge in [0.15, 0.2) is 6.10 Å². The van der Waals surface area contributed by atoms with Crippen LogP contribution in [0, 0.1) is 0 Å². The summed E-state index contributed by atoms with van der Waals surface area (Å²) in [4.78, 5) is 22.0. The van der Waals surface area contributed by atoms with E-state index in [0.717, 1.165) is 6.42 Å². The van der Waals surface area contributed by atoms with Crippen LogP contribution < -0.4 is 15.4 Å². The molecule has 2 atom stereocenters. The SMILES string of the molecule is CCC(C)Oc1cccc(NC(=O)NCC(O)C(=O)O)c1. The quantitative estimate of drug-likeness (QED) is 0.609. The zero-order valence-corrected chi connectivity index (χ0v) is 12.0. The number of aliphatic carboxylic acids is 1. The molecule has 0 aliphatic heterocycles. The topological polar surface area (TPSA) is 108 Å². The van der Waals surface area contributed by atoms with E-state index in [1.54, 1.807) is 24.3 Å². The first-order valence-electron chi connectivity index (χ1n) is 6.64. The molecule has 1 aromatic rings. The van der Waals surface area contributed by atoms with Crippen molar-refractivity contribution >= 4 is 17.7 Å². The summed E-state index contributed by atoms with van der Waals surface area (Å²) in [6.07, 6.45) is -0.693. The number of aliphatic hydroxyl groups is 1. The summed E-state index contributed by atoms with van der Waals surface area (Å²) >= 11 is 0. The number of amides is 2. The van der Waals surface area contributed by atoms with Gasteiger partial charge in [0, 0.05) is 11.8 Å². The van der Waals surface area contributed by atoms with E-state index in [9.17, 15) is 9.59 Å². The second-order valence-electron chi connectivity index (χ2n) is 4.55. The lowest BCUT2D eigenvalue weighted by molar-refractivity contribution is -0.146. The van der Waals surface area contributed by atoms with Crippen LogP contribution in [0.3, 0.4) is 0 Å². The molecule has 1 aromatic carbocycles. The Bertz CT molecular complexity index is 492. The lowest BCUT2D eigenvalue weighted by atomic mass is 10.3. The summed E-state index contributed by atoms with van der Waals surface area (Å²) in [5.74, 6) is -0.757. The Morgan fingerprint density at radius 2 is 2.10 bits per heavy atom. The van der Waals surface area contributed by atoms with Gasteiger partial charge in [0.2, 0.25) is 0 Å². The number of aliphatic hydroxyl groups excluding tert-OH is 1. The van der Waals surface area contributed by atoms with Gasteiger partial charge in [-0.1, -0.05) is 13.0 Å². The minimum Gasteiger partial charge on any atom is -0.491 e. The number of carbonyl (C=O) groups is 2. The molecule has 0 aliphatic rings. The van der Waals surface area contributed by atoms with Gasteiger partial charge in [0.25, 0.3) is 0 Å². The molecule has 2 unspecified atom stereocenters. The molecule has 4 N–H and O–H groups in total. The summed E-state index contributed by atoms with van der Waals surface area (Å²) in [7, 11) is 0. The molecule has 1 rings (SSSR count). The Balaban J connectivity index is 2.52. The Labute approximate surface area is 122 Å². The van der Waals surface area contributed by atoms with Crippen molar-refractivity contribution in [3.63, 3.8) is 0 Å². The van der Waals surface area contributed by atoms with Crippen LogP contribution in [0.25, 0.3) is 0 Å². The van der Waals surface area contributed by atoms with Crippen LogP contribution in [0.4, 0.5) is 10.5 Å². The van der Waals surface area contributed by atoms with E-state index in [-0.39, 0.29) is 12.6 Å². The van der Waals surface area contributed by atoms with Gasteiger partial charge >= 0.3 is 12.0 Å². The van der Waals surface area contributed by atoms with E-state index in [0.29, 0.717) is 11.4 Å². The van der Waals surface area contributed by atoms with Gasteiger partial charge in [-0.3, -0.25) is 0 Å². The second-order valence-corrected chi connectivity index (χ2v) is 4.55. The van der Waals surface area contributed by atoms with Crippen LogP contribution in [-0.4, -0.2) is 41.0 Å². The van der Waals surface area contributed by atoms with Crippen molar-refractivity contribution in [2.24, 2.45) is 0 Å². The van der Waals surface area contributed by atoms with Crippen molar-refractivity contribution < 1.29 is 24.5 Å². The van der Waals surface area contributed by atoms with Crippen LogP contribution in [-0.2, 0) is 4.79 Å². The average Bonchev–Trinajstić information content (AvgIpc) is 2.44. The first-order valence-corrected chi connectivity index (χ1v) is 6.64. The molecule has 0 fully saturated rings. The number of carbonyl (C=O) groups excluding carboxylic acids is 1. The monoisotopic (exact) mass is 296 g/mol. The molecule has 0 spiro atoms. The number of ether oxygens (including phenoxy) is 1. The van der Waals surface area contributed by atoms with Crippen molar-refractivity contribution in [3.05, 3.63) is 24.3 Å².